The molecule has 0 aliphatic carbocycles. The second-order valence-corrected chi connectivity index (χ2v) is 6.72. The molecule has 0 bridgehead atoms. The Kier molecular flexibility index (Phi) is 6.39. The van der Waals surface area contributed by atoms with Crippen LogP contribution in [-0.4, -0.2) is 24.0 Å². The standard InChI is InChI=1S/C21H26N2O3/c1-13(2)22-21(25)17-8-10-18(11-9-17)23-20(24)16(5)26-19-12-14(3)6-7-15(19)4/h6-13,16H,1-5H3,(H,22,25)(H,23,24). The zero-order valence-electron chi connectivity index (χ0n) is 15.9. The molecule has 5 nitrogen and oxygen atoms in total. The van der Waals surface area contributed by atoms with Crippen molar-refractivity contribution in [2.45, 2.75) is 46.8 Å². The molecule has 5 heteroatoms. The lowest BCUT2D eigenvalue weighted by molar-refractivity contribution is -0.122. The van der Waals surface area contributed by atoms with E-state index in [1.165, 1.54) is 0 Å². The van der Waals surface area contributed by atoms with Crippen LogP contribution in [0.25, 0.3) is 0 Å². The minimum atomic E-state index is -0.639. The van der Waals surface area contributed by atoms with Crippen LogP contribution in [0.4, 0.5) is 5.69 Å². The van der Waals surface area contributed by atoms with Gasteiger partial charge in [0.15, 0.2) is 6.10 Å². The van der Waals surface area contributed by atoms with Crippen molar-refractivity contribution in [3.05, 3.63) is 59.2 Å². The van der Waals surface area contributed by atoms with Gasteiger partial charge in [-0.25, -0.2) is 0 Å². The van der Waals surface area contributed by atoms with Crippen LogP contribution >= 0.6 is 0 Å². The molecule has 0 spiro atoms. The van der Waals surface area contributed by atoms with Crippen molar-refractivity contribution in [2.24, 2.45) is 0 Å². The maximum absolute atomic E-state index is 12.4. The predicted molar refractivity (Wildman–Crippen MR) is 104 cm³/mol. The first kappa shape index (κ1) is 19.5. The monoisotopic (exact) mass is 354 g/mol. The van der Waals surface area contributed by atoms with Gasteiger partial charge in [-0.1, -0.05) is 12.1 Å². The van der Waals surface area contributed by atoms with E-state index in [0.717, 1.165) is 11.1 Å². The lowest BCUT2D eigenvalue weighted by Gasteiger charge is -2.17. The summed E-state index contributed by atoms with van der Waals surface area (Å²) in [5.41, 5.74) is 3.23. The first-order valence-electron chi connectivity index (χ1n) is 8.72. The van der Waals surface area contributed by atoms with E-state index < -0.39 is 6.10 Å². The maximum atomic E-state index is 12.4. The second kappa shape index (κ2) is 8.52. The molecule has 0 fully saturated rings. The molecule has 0 aliphatic rings. The molecule has 0 radical (unpaired) electrons. The van der Waals surface area contributed by atoms with Crippen LogP contribution in [0.15, 0.2) is 42.5 Å². The molecule has 26 heavy (non-hydrogen) atoms. The number of carbonyl (C=O) groups is 2. The highest BCUT2D eigenvalue weighted by Crippen LogP contribution is 2.21. The Labute approximate surface area is 154 Å². The van der Waals surface area contributed by atoms with Gasteiger partial charge in [-0.2, -0.15) is 0 Å². The van der Waals surface area contributed by atoms with E-state index >= 15 is 0 Å². The Hall–Kier alpha value is -2.82. The Morgan fingerprint density at radius 2 is 1.62 bits per heavy atom. The molecule has 0 heterocycles. The molecule has 2 amide bonds. The number of rotatable bonds is 6. The molecule has 2 N–H and O–H groups in total. The molecule has 138 valence electrons. The Bertz CT molecular complexity index is 782. The molecular weight excluding hydrogens is 328 g/mol. The molecule has 2 rings (SSSR count). The number of aryl methyl sites for hydroxylation is 2. The number of nitrogens with one attached hydrogen (secondary N) is 2. The van der Waals surface area contributed by atoms with Gasteiger partial charge >= 0.3 is 0 Å². The van der Waals surface area contributed by atoms with Crippen molar-refractivity contribution < 1.29 is 14.3 Å². The minimum Gasteiger partial charge on any atom is -0.481 e. The summed E-state index contributed by atoms with van der Waals surface area (Å²) in [7, 11) is 0. The minimum absolute atomic E-state index is 0.0740. The normalized spacial score (nSPS) is 11.8. The van der Waals surface area contributed by atoms with Crippen LogP contribution in [-0.2, 0) is 4.79 Å². The van der Waals surface area contributed by atoms with Crippen molar-refractivity contribution in [1.29, 1.82) is 0 Å². The molecule has 1 atom stereocenters. The third kappa shape index (κ3) is 5.34. The molecule has 0 saturated carbocycles. The van der Waals surface area contributed by atoms with E-state index in [1.54, 1.807) is 31.2 Å². The summed E-state index contributed by atoms with van der Waals surface area (Å²) >= 11 is 0. The van der Waals surface area contributed by atoms with E-state index in [4.69, 9.17) is 4.74 Å². The SMILES string of the molecule is Cc1ccc(C)c(OC(C)C(=O)Nc2ccc(C(=O)NC(C)C)cc2)c1. The second-order valence-electron chi connectivity index (χ2n) is 6.72. The highest BCUT2D eigenvalue weighted by molar-refractivity contribution is 5.96. The average Bonchev–Trinajstić information content (AvgIpc) is 2.58. The van der Waals surface area contributed by atoms with Crippen molar-refractivity contribution in [2.75, 3.05) is 5.32 Å². The number of anilines is 1. The molecule has 0 aromatic heterocycles. The van der Waals surface area contributed by atoms with Gasteiger partial charge in [0.05, 0.1) is 0 Å². The van der Waals surface area contributed by atoms with E-state index in [0.29, 0.717) is 17.0 Å². The lowest BCUT2D eigenvalue weighted by atomic mass is 10.1. The Balaban J connectivity index is 1.98. The van der Waals surface area contributed by atoms with Crippen LogP contribution in [0.2, 0.25) is 0 Å². The first-order valence-corrected chi connectivity index (χ1v) is 8.72. The molecule has 1 unspecified atom stereocenters. The predicted octanol–water partition coefficient (Wildman–Crippen LogP) is 3.85. The number of carbonyl (C=O) groups excluding carboxylic acids is 2. The fourth-order valence-corrected chi connectivity index (χ4v) is 2.37. The number of amides is 2. The number of ether oxygens (including phenoxy) is 1. The maximum Gasteiger partial charge on any atom is 0.265 e. The van der Waals surface area contributed by atoms with Crippen LogP contribution in [0.3, 0.4) is 0 Å². The van der Waals surface area contributed by atoms with Gasteiger partial charge in [0.2, 0.25) is 0 Å². The van der Waals surface area contributed by atoms with Crippen LogP contribution in [0, 0.1) is 13.8 Å². The Morgan fingerprint density at radius 1 is 0.962 bits per heavy atom. The van der Waals surface area contributed by atoms with Gasteiger partial charge in [-0.15, -0.1) is 0 Å². The highest BCUT2D eigenvalue weighted by atomic mass is 16.5. The third-order valence-electron chi connectivity index (χ3n) is 3.85. The zero-order chi connectivity index (χ0) is 19.3. The number of hydrogen-bond donors (Lipinski definition) is 2. The quantitative estimate of drug-likeness (QED) is 0.828. The van der Waals surface area contributed by atoms with Crippen LogP contribution in [0.1, 0.15) is 42.3 Å². The topological polar surface area (TPSA) is 67.4 Å². The van der Waals surface area contributed by atoms with E-state index in [-0.39, 0.29) is 17.9 Å². The van der Waals surface area contributed by atoms with E-state index in [9.17, 15) is 9.59 Å². The van der Waals surface area contributed by atoms with Gasteiger partial charge in [-0.05, 0) is 76.1 Å². The van der Waals surface area contributed by atoms with Gasteiger partial charge in [-0.3, -0.25) is 9.59 Å². The van der Waals surface area contributed by atoms with Crippen LogP contribution in [0.5, 0.6) is 5.75 Å². The lowest BCUT2D eigenvalue weighted by Crippen LogP contribution is -2.31. The Morgan fingerprint density at radius 3 is 2.23 bits per heavy atom. The summed E-state index contributed by atoms with van der Waals surface area (Å²) in [5.74, 6) is 0.322. The van der Waals surface area contributed by atoms with Gasteiger partial charge in [0.1, 0.15) is 5.75 Å². The summed E-state index contributed by atoms with van der Waals surface area (Å²) < 4.78 is 5.79. The largest absolute Gasteiger partial charge is 0.481 e. The van der Waals surface area contributed by atoms with Crippen molar-refractivity contribution in [1.82, 2.24) is 5.32 Å². The molecule has 0 aliphatic heterocycles. The van der Waals surface area contributed by atoms with Crippen molar-refractivity contribution >= 4 is 17.5 Å². The summed E-state index contributed by atoms with van der Waals surface area (Å²) in [4.78, 5) is 24.3. The molecular formula is C21H26N2O3. The van der Waals surface area contributed by atoms with Crippen molar-refractivity contribution in [3.8, 4) is 5.75 Å². The zero-order valence-corrected chi connectivity index (χ0v) is 15.9. The van der Waals surface area contributed by atoms with E-state index in [1.807, 2.05) is 45.9 Å². The summed E-state index contributed by atoms with van der Waals surface area (Å²) in [6, 6.07) is 12.7. The molecule has 2 aromatic rings. The fraction of sp³-hybridized carbons (Fsp3) is 0.333. The number of benzene rings is 2. The highest BCUT2D eigenvalue weighted by Gasteiger charge is 2.16. The fourth-order valence-electron chi connectivity index (χ4n) is 2.37. The molecule has 0 saturated heterocycles. The van der Waals surface area contributed by atoms with Gasteiger partial charge in [0, 0.05) is 17.3 Å². The molecule has 2 aromatic carbocycles. The smallest absolute Gasteiger partial charge is 0.265 e. The summed E-state index contributed by atoms with van der Waals surface area (Å²) in [5, 5.41) is 5.64. The van der Waals surface area contributed by atoms with E-state index in [2.05, 4.69) is 10.6 Å². The number of hydrogen-bond acceptors (Lipinski definition) is 3. The average molecular weight is 354 g/mol. The summed E-state index contributed by atoms with van der Waals surface area (Å²) in [6.45, 7) is 9.45. The summed E-state index contributed by atoms with van der Waals surface area (Å²) in [6.07, 6.45) is -0.639. The first-order chi connectivity index (χ1) is 12.3. The third-order valence-corrected chi connectivity index (χ3v) is 3.85. The van der Waals surface area contributed by atoms with Gasteiger partial charge < -0.3 is 15.4 Å². The van der Waals surface area contributed by atoms with Crippen LogP contribution < -0.4 is 15.4 Å². The van der Waals surface area contributed by atoms with Crippen molar-refractivity contribution in [3.63, 3.8) is 0 Å². The van der Waals surface area contributed by atoms with Gasteiger partial charge in [0.25, 0.3) is 11.8 Å².